The van der Waals surface area contributed by atoms with Crippen LogP contribution in [0.1, 0.15) is 30.2 Å². The van der Waals surface area contributed by atoms with Crippen molar-refractivity contribution < 1.29 is 0 Å². The number of hydrogen-bond acceptors (Lipinski definition) is 3. The number of aryl methyl sites for hydroxylation is 1. The second-order valence-corrected chi connectivity index (χ2v) is 4.93. The van der Waals surface area contributed by atoms with Crippen LogP contribution in [0.5, 0.6) is 0 Å². The molecule has 3 rings (SSSR count). The molecule has 1 aliphatic rings. The zero-order chi connectivity index (χ0) is 12.5. The molecule has 1 N–H and O–H groups in total. The third-order valence-corrected chi connectivity index (χ3v) is 3.55. The van der Waals surface area contributed by atoms with Crippen LogP contribution in [0.15, 0.2) is 18.5 Å². The van der Waals surface area contributed by atoms with Gasteiger partial charge in [0.2, 0.25) is 0 Å². The Kier molecular flexibility index (Phi) is 2.91. The van der Waals surface area contributed by atoms with Gasteiger partial charge in [-0.25, -0.2) is 4.98 Å². The van der Waals surface area contributed by atoms with Crippen molar-refractivity contribution in [3.05, 3.63) is 35.7 Å². The summed E-state index contributed by atoms with van der Waals surface area (Å²) in [6.07, 6.45) is 4.91. The van der Waals surface area contributed by atoms with E-state index >= 15 is 0 Å². The van der Waals surface area contributed by atoms with Crippen molar-refractivity contribution in [3.63, 3.8) is 0 Å². The summed E-state index contributed by atoms with van der Waals surface area (Å²) < 4.78 is 4.36. The first kappa shape index (κ1) is 11.5. The second-order valence-electron chi connectivity index (χ2n) is 4.93. The zero-order valence-electron chi connectivity index (χ0n) is 10.9. The van der Waals surface area contributed by atoms with E-state index < -0.39 is 0 Å². The van der Waals surface area contributed by atoms with E-state index in [4.69, 9.17) is 0 Å². The van der Waals surface area contributed by atoms with Gasteiger partial charge in [-0.15, -0.1) is 0 Å². The standard InChI is InChI=1S/C13H19N5/c1-10(9-17-7-3-5-15-17)18-11(2)16-12-8-14-6-4-13(12)18/h3,5,7,10,14H,4,6,8-9H2,1-2H3. The van der Waals surface area contributed by atoms with Gasteiger partial charge in [0.05, 0.1) is 18.3 Å². The van der Waals surface area contributed by atoms with Gasteiger partial charge in [-0.1, -0.05) is 0 Å². The molecular weight excluding hydrogens is 226 g/mol. The summed E-state index contributed by atoms with van der Waals surface area (Å²) in [5.41, 5.74) is 2.61. The van der Waals surface area contributed by atoms with Crippen LogP contribution in [0.2, 0.25) is 0 Å². The Morgan fingerprint density at radius 3 is 3.17 bits per heavy atom. The Labute approximate surface area is 107 Å². The third kappa shape index (κ3) is 1.95. The van der Waals surface area contributed by atoms with Gasteiger partial charge in [-0.2, -0.15) is 5.10 Å². The fourth-order valence-electron chi connectivity index (χ4n) is 2.81. The lowest BCUT2D eigenvalue weighted by Gasteiger charge is -2.21. The highest BCUT2D eigenvalue weighted by molar-refractivity contribution is 5.20. The molecule has 0 saturated carbocycles. The summed E-state index contributed by atoms with van der Waals surface area (Å²) in [5.74, 6) is 1.11. The molecule has 1 atom stereocenters. The molecule has 0 saturated heterocycles. The first-order valence-electron chi connectivity index (χ1n) is 6.50. The fourth-order valence-corrected chi connectivity index (χ4v) is 2.81. The summed E-state index contributed by atoms with van der Waals surface area (Å²) in [6.45, 7) is 7.17. The first-order chi connectivity index (χ1) is 8.75. The highest BCUT2D eigenvalue weighted by atomic mass is 15.3. The fraction of sp³-hybridized carbons (Fsp3) is 0.538. The Bertz CT molecular complexity index is 526. The van der Waals surface area contributed by atoms with E-state index in [1.807, 2.05) is 23.1 Å². The maximum atomic E-state index is 4.67. The molecule has 96 valence electrons. The molecule has 1 aliphatic heterocycles. The quantitative estimate of drug-likeness (QED) is 0.886. The third-order valence-electron chi connectivity index (χ3n) is 3.55. The summed E-state index contributed by atoms with van der Waals surface area (Å²) in [4.78, 5) is 4.67. The molecular formula is C13H19N5. The maximum absolute atomic E-state index is 4.67. The van der Waals surface area contributed by atoms with Crippen LogP contribution in [0.3, 0.4) is 0 Å². The lowest BCUT2D eigenvalue weighted by atomic mass is 10.1. The molecule has 2 aromatic rings. The second kappa shape index (κ2) is 4.57. The highest BCUT2D eigenvalue weighted by Gasteiger charge is 2.20. The minimum Gasteiger partial charge on any atom is -0.327 e. The molecule has 2 aromatic heterocycles. The predicted octanol–water partition coefficient (Wildman–Crippen LogP) is 1.29. The van der Waals surface area contributed by atoms with E-state index in [2.05, 4.69) is 33.8 Å². The number of imidazole rings is 1. The monoisotopic (exact) mass is 245 g/mol. The first-order valence-corrected chi connectivity index (χ1v) is 6.50. The van der Waals surface area contributed by atoms with E-state index in [-0.39, 0.29) is 0 Å². The van der Waals surface area contributed by atoms with E-state index in [9.17, 15) is 0 Å². The minimum atomic E-state index is 0.388. The molecule has 0 amide bonds. The van der Waals surface area contributed by atoms with Crippen LogP contribution < -0.4 is 5.32 Å². The minimum absolute atomic E-state index is 0.388. The number of fused-ring (bicyclic) bond motifs is 1. The predicted molar refractivity (Wildman–Crippen MR) is 69.3 cm³/mol. The van der Waals surface area contributed by atoms with Gasteiger partial charge in [-0.3, -0.25) is 4.68 Å². The van der Waals surface area contributed by atoms with Crippen molar-refractivity contribution in [2.24, 2.45) is 0 Å². The molecule has 0 fully saturated rings. The zero-order valence-corrected chi connectivity index (χ0v) is 10.9. The molecule has 0 aromatic carbocycles. The van der Waals surface area contributed by atoms with Crippen molar-refractivity contribution >= 4 is 0 Å². The summed E-state index contributed by atoms with van der Waals surface area (Å²) >= 11 is 0. The van der Waals surface area contributed by atoms with E-state index in [0.29, 0.717) is 6.04 Å². The van der Waals surface area contributed by atoms with Gasteiger partial charge >= 0.3 is 0 Å². The number of hydrogen-bond donors (Lipinski definition) is 1. The molecule has 0 radical (unpaired) electrons. The van der Waals surface area contributed by atoms with Crippen LogP contribution in [0, 0.1) is 6.92 Å². The maximum Gasteiger partial charge on any atom is 0.106 e. The topological polar surface area (TPSA) is 47.7 Å². The van der Waals surface area contributed by atoms with Crippen molar-refractivity contribution in [1.29, 1.82) is 0 Å². The SMILES string of the molecule is Cc1nc2c(n1C(C)Cn1cccn1)CCNC2. The molecule has 0 aliphatic carbocycles. The number of rotatable bonds is 3. The van der Waals surface area contributed by atoms with Gasteiger partial charge in [0.25, 0.3) is 0 Å². The van der Waals surface area contributed by atoms with Gasteiger partial charge in [0.15, 0.2) is 0 Å². The average molecular weight is 245 g/mol. The van der Waals surface area contributed by atoms with Gasteiger partial charge in [0.1, 0.15) is 5.82 Å². The molecule has 1 unspecified atom stereocenters. The largest absolute Gasteiger partial charge is 0.327 e. The molecule has 0 spiro atoms. The lowest BCUT2D eigenvalue weighted by molar-refractivity contribution is 0.416. The number of nitrogens with one attached hydrogen (secondary N) is 1. The smallest absolute Gasteiger partial charge is 0.106 e. The Hall–Kier alpha value is -1.62. The summed E-state index contributed by atoms with van der Waals surface area (Å²) in [5, 5.41) is 7.65. The van der Waals surface area contributed by atoms with Crippen molar-refractivity contribution in [3.8, 4) is 0 Å². The van der Waals surface area contributed by atoms with Gasteiger partial charge in [-0.05, 0) is 19.9 Å². The van der Waals surface area contributed by atoms with Crippen LogP contribution in [0.25, 0.3) is 0 Å². The summed E-state index contributed by atoms with van der Waals surface area (Å²) in [7, 11) is 0. The Balaban J connectivity index is 1.89. The highest BCUT2D eigenvalue weighted by Crippen LogP contribution is 2.21. The van der Waals surface area contributed by atoms with Crippen LogP contribution >= 0.6 is 0 Å². The van der Waals surface area contributed by atoms with E-state index in [0.717, 1.165) is 31.9 Å². The van der Waals surface area contributed by atoms with Gasteiger partial charge in [0, 0.05) is 37.6 Å². The van der Waals surface area contributed by atoms with E-state index in [1.165, 1.54) is 11.4 Å². The Morgan fingerprint density at radius 1 is 1.50 bits per heavy atom. The van der Waals surface area contributed by atoms with Crippen LogP contribution in [-0.4, -0.2) is 25.9 Å². The normalized spacial score (nSPS) is 16.6. The molecule has 5 heteroatoms. The molecule has 3 heterocycles. The average Bonchev–Trinajstić information content (AvgIpc) is 2.94. The molecule has 0 bridgehead atoms. The number of aromatic nitrogens is 4. The summed E-state index contributed by atoms with van der Waals surface area (Å²) in [6, 6.07) is 2.35. The van der Waals surface area contributed by atoms with Crippen molar-refractivity contribution in [2.75, 3.05) is 6.54 Å². The van der Waals surface area contributed by atoms with E-state index in [1.54, 1.807) is 0 Å². The van der Waals surface area contributed by atoms with Gasteiger partial charge < -0.3 is 9.88 Å². The van der Waals surface area contributed by atoms with Crippen molar-refractivity contribution in [2.45, 2.75) is 39.4 Å². The van der Waals surface area contributed by atoms with Crippen molar-refractivity contribution in [1.82, 2.24) is 24.6 Å². The molecule has 18 heavy (non-hydrogen) atoms. The number of nitrogens with zero attached hydrogens (tertiary/aromatic N) is 4. The van der Waals surface area contributed by atoms with Crippen LogP contribution in [0.4, 0.5) is 0 Å². The van der Waals surface area contributed by atoms with Crippen LogP contribution in [-0.2, 0) is 19.5 Å². The molecule has 5 nitrogen and oxygen atoms in total. The Morgan fingerprint density at radius 2 is 2.39 bits per heavy atom. The lowest BCUT2D eigenvalue weighted by Crippen LogP contribution is -2.26.